The Balaban J connectivity index is 2.02. The summed E-state index contributed by atoms with van der Waals surface area (Å²) in [5.74, 6) is -0.114. The molecule has 0 bridgehead atoms. The Hall–Kier alpha value is -1.86. The molecule has 1 aromatic rings. The first-order valence-electron chi connectivity index (χ1n) is 5.77. The number of nitrogens with two attached hydrogens (primary N) is 1. The quantitative estimate of drug-likeness (QED) is 0.799. The maximum absolute atomic E-state index is 11.9. The molecule has 2 rings (SSSR count). The van der Waals surface area contributed by atoms with Crippen molar-refractivity contribution in [2.75, 3.05) is 0 Å². The largest absolute Gasteiger partial charge is 0.348 e. The third-order valence-corrected chi connectivity index (χ3v) is 3.16. The van der Waals surface area contributed by atoms with E-state index in [2.05, 4.69) is 5.32 Å². The minimum Gasteiger partial charge on any atom is -0.348 e. The molecule has 1 aliphatic rings. The number of nitriles is 1. The van der Waals surface area contributed by atoms with E-state index in [-0.39, 0.29) is 18.0 Å². The molecule has 0 spiro atoms. The monoisotopic (exact) mass is 229 g/mol. The first-order valence-corrected chi connectivity index (χ1v) is 5.77. The van der Waals surface area contributed by atoms with Crippen LogP contribution in [0.2, 0.25) is 0 Å². The second-order valence-corrected chi connectivity index (χ2v) is 4.36. The Bertz CT molecular complexity index is 447. The summed E-state index contributed by atoms with van der Waals surface area (Å²) >= 11 is 0. The molecule has 4 nitrogen and oxygen atoms in total. The minimum absolute atomic E-state index is 0.0670. The lowest BCUT2D eigenvalue weighted by Gasteiger charge is -2.17. The molecule has 0 heterocycles. The lowest BCUT2D eigenvalue weighted by Crippen LogP contribution is -2.43. The molecule has 17 heavy (non-hydrogen) atoms. The van der Waals surface area contributed by atoms with Gasteiger partial charge in [-0.25, -0.2) is 0 Å². The van der Waals surface area contributed by atoms with Gasteiger partial charge >= 0.3 is 0 Å². The molecule has 1 fully saturated rings. The summed E-state index contributed by atoms with van der Waals surface area (Å²) in [6.07, 6.45) is 2.99. The van der Waals surface area contributed by atoms with Gasteiger partial charge in [-0.1, -0.05) is 0 Å². The first kappa shape index (κ1) is 11.6. The van der Waals surface area contributed by atoms with Crippen LogP contribution in [0.15, 0.2) is 24.3 Å². The molecule has 0 aromatic heterocycles. The van der Waals surface area contributed by atoms with Crippen LogP contribution in [0, 0.1) is 11.3 Å². The number of benzene rings is 1. The standard InChI is InChI=1S/C13H15N3O/c14-8-9-4-6-10(7-5-9)13(17)16-12-3-1-2-11(12)15/h4-7,11-12H,1-3,15H2,(H,16,17). The predicted octanol–water partition coefficient (Wildman–Crippen LogP) is 1.17. The molecule has 0 saturated heterocycles. The fourth-order valence-electron chi connectivity index (χ4n) is 2.12. The van der Waals surface area contributed by atoms with Gasteiger partial charge in [0.1, 0.15) is 0 Å². The van der Waals surface area contributed by atoms with E-state index in [4.69, 9.17) is 11.0 Å². The van der Waals surface area contributed by atoms with Gasteiger partial charge in [-0.05, 0) is 43.5 Å². The van der Waals surface area contributed by atoms with E-state index in [0.29, 0.717) is 11.1 Å². The molecule has 1 aromatic carbocycles. The summed E-state index contributed by atoms with van der Waals surface area (Å²) in [5, 5.41) is 11.6. The number of hydrogen-bond acceptors (Lipinski definition) is 3. The minimum atomic E-state index is -0.114. The Morgan fingerprint density at radius 1 is 1.35 bits per heavy atom. The van der Waals surface area contributed by atoms with Crippen molar-refractivity contribution in [2.45, 2.75) is 31.3 Å². The fourth-order valence-corrected chi connectivity index (χ4v) is 2.12. The SMILES string of the molecule is N#Cc1ccc(C(=O)NC2CCCC2N)cc1. The van der Waals surface area contributed by atoms with Crippen LogP contribution in [0.1, 0.15) is 35.2 Å². The van der Waals surface area contributed by atoms with Crippen LogP contribution >= 0.6 is 0 Å². The summed E-state index contributed by atoms with van der Waals surface area (Å²) < 4.78 is 0. The summed E-state index contributed by atoms with van der Waals surface area (Å²) in [5.41, 5.74) is 7.02. The van der Waals surface area contributed by atoms with E-state index in [0.717, 1.165) is 19.3 Å². The normalized spacial score (nSPS) is 23.1. The predicted molar refractivity (Wildman–Crippen MR) is 64.2 cm³/mol. The smallest absolute Gasteiger partial charge is 0.251 e. The second kappa shape index (κ2) is 4.98. The number of amides is 1. The molecule has 0 radical (unpaired) electrons. The Labute approximate surface area is 100 Å². The van der Waals surface area contributed by atoms with Crippen molar-refractivity contribution < 1.29 is 4.79 Å². The average molecular weight is 229 g/mol. The second-order valence-electron chi connectivity index (χ2n) is 4.36. The average Bonchev–Trinajstić information content (AvgIpc) is 2.75. The molecule has 1 saturated carbocycles. The molecule has 1 aliphatic carbocycles. The van der Waals surface area contributed by atoms with Crippen molar-refractivity contribution in [1.29, 1.82) is 5.26 Å². The fraction of sp³-hybridized carbons (Fsp3) is 0.385. The Morgan fingerprint density at radius 2 is 2.06 bits per heavy atom. The highest BCUT2D eigenvalue weighted by Gasteiger charge is 2.25. The van der Waals surface area contributed by atoms with Crippen LogP contribution in [0.5, 0.6) is 0 Å². The van der Waals surface area contributed by atoms with E-state index in [1.165, 1.54) is 0 Å². The topological polar surface area (TPSA) is 78.9 Å². The highest BCUT2D eigenvalue weighted by molar-refractivity contribution is 5.94. The van der Waals surface area contributed by atoms with Gasteiger partial charge in [-0.15, -0.1) is 0 Å². The van der Waals surface area contributed by atoms with Crippen molar-refractivity contribution in [2.24, 2.45) is 5.73 Å². The van der Waals surface area contributed by atoms with Crippen LogP contribution in [-0.2, 0) is 0 Å². The zero-order chi connectivity index (χ0) is 12.3. The zero-order valence-corrected chi connectivity index (χ0v) is 9.52. The molecule has 0 aliphatic heterocycles. The van der Waals surface area contributed by atoms with E-state index in [1.807, 2.05) is 6.07 Å². The van der Waals surface area contributed by atoms with Gasteiger partial charge < -0.3 is 11.1 Å². The van der Waals surface area contributed by atoms with Gasteiger partial charge in [0, 0.05) is 17.6 Å². The maximum Gasteiger partial charge on any atom is 0.251 e. The number of carbonyl (C=O) groups is 1. The van der Waals surface area contributed by atoms with Gasteiger partial charge in [0.15, 0.2) is 0 Å². The molecule has 2 atom stereocenters. The van der Waals surface area contributed by atoms with Gasteiger partial charge in [0.05, 0.1) is 11.6 Å². The summed E-state index contributed by atoms with van der Waals surface area (Å²) in [7, 11) is 0. The van der Waals surface area contributed by atoms with Crippen LogP contribution in [0.3, 0.4) is 0 Å². The lowest BCUT2D eigenvalue weighted by molar-refractivity contribution is 0.0934. The van der Waals surface area contributed by atoms with Crippen LogP contribution in [-0.4, -0.2) is 18.0 Å². The third-order valence-electron chi connectivity index (χ3n) is 3.16. The summed E-state index contributed by atoms with van der Waals surface area (Å²) in [6.45, 7) is 0. The molecule has 1 amide bonds. The van der Waals surface area contributed by atoms with Crippen molar-refractivity contribution in [1.82, 2.24) is 5.32 Å². The van der Waals surface area contributed by atoms with E-state index >= 15 is 0 Å². The maximum atomic E-state index is 11.9. The van der Waals surface area contributed by atoms with Gasteiger partial charge in [0.2, 0.25) is 0 Å². The highest BCUT2D eigenvalue weighted by Crippen LogP contribution is 2.17. The summed E-state index contributed by atoms with van der Waals surface area (Å²) in [4.78, 5) is 11.9. The first-order chi connectivity index (χ1) is 8.20. The lowest BCUT2D eigenvalue weighted by atomic mass is 10.1. The number of nitrogens with one attached hydrogen (secondary N) is 1. The molecular formula is C13H15N3O. The number of carbonyl (C=O) groups excluding carboxylic acids is 1. The molecule has 88 valence electrons. The molecular weight excluding hydrogens is 214 g/mol. The van der Waals surface area contributed by atoms with Crippen LogP contribution in [0.4, 0.5) is 0 Å². The van der Waals surface area contributed by atoms with Gasteiger partial charge in [-0.2, -0.15) is 5.26 Å². The van der Waals surface area contributed by atoms with Gasteiger partial charge in [0.25, 0.3) is 5.91 Å². The molecule has 2 unspecified atom stereocenters. The Kier molecular flexibility index (Phi) is 3.40. The van der Waals surface area contributed by atoms with Crippen LogP contribution < -0.4 is 11.1 Å². The van der Waals surface area contributed by atoms with E-state index in [9.17, 15) is 4.79 Å². The molecule has 3 N–H and O–H groups in total. The third kappa shape index (κ3) is 2.63. The van der Waals surface area contributed by atoms with E-state index in [1.54, 1.807) is 24.3 Å². The Morgan fingerprint density at radius 3 is 2.59 bits per heavy atom. The van der Waals surface area contributed by atoms with Crippen LogP contribution in [0.25, 0.3) is 0 Å². The number of hydrogen-bond donors (Lipinski definition) is 2. The highest BCUT2D eigenvalue weighted by atomic mass is 16.1. The van der Waals surface area contributed by atoms with Gasteiger partial charge in [-0.3, -0.25) is 4.79 Å². The van der Waals surface area contributed by atoms with E-state index < -0.39 is 0 Å². The molecule has 4 heteroatoms. The van der Waals surface area contributed by atoms with Crippen molar-refractivity contribution in [3.8, 4) is 6.07 Å². The summed E-state index contributed by atoms with van der Waals surface area (Å²) in [6, 6.07) is 8.78. The number of rotatable bonds is 2. The zero-order valence-electron chi connectivity index (χ0n) is 9.52. The van der Waals surface area contributed by atoms with Crippen molar-refractivity contribution in [3.63, 3.8) is 0 Å². The van der Waals surface area contributed by atoms with Crippen molar-refractivity contribution in [3.05, 3.63) is 35.4 Å². The number of nitrogens with zero attached hydrogens (tertiary/aromatic N) is 1. The van der Waals surface area contributed by atoms with Crippen molar-refractivity contribution >= 4 is 5.91 Å².